The molecule has 0 aromatic heterocycles. The molecule has 3 aromatic rings. The van der Waals surface area contributed by atoms with Crippen LogP contribution in [0.25, 0.3) is 22.3 Å². The number of hydrazine groups is 1. The van der Waals surface area contributed by atoms with Crippen LogP contribution in [0.5, 0.6) is 0 Å². The molecule has 7 nitrogen and oxygen atoms in total. The zero-order chi connectivity index (χ0) is 21.3. The first kappa shape index (κ1) is 20.1. The fourth-order valence-corrected chi connectivity index (χ4v) is 4.09. The third-order valence-corrected chi connectivity index (χ3v) is 6.28. The molecule has 0 spiro atoms. The smallest absolute Gasteiger partial charge is 0.253 e. The number of rotatable bonds is 7. The van der Waals surface area contributed by atoms with Gasteiger partial charge in [0.15, 0.2) is 0 Å². The molecule has 0 heterocycles. The molecule has 0 radical (unpaired) electrons. The summed E-state index contributed by atoms with van der Waals surface area (Å²) >= 11 is 0. The summed E-state index contributed by atoms with van der Waals surface area (Å²) in [6.07, 6.45) is 1.92. The van der Waals surface area contributed by atoms with Gasteiger partial charge in [0.05, 0.1) is 16.1 Å². The summed E-state index contributed by atoms with van der Waals surface area (Å²) in [7, 11) is -3.66. The van der Waals surface area contributed by atoms with Gasteiger partial charge < -0.3 is 11.5 Å². The van der Waals surface area contributed by atoms with Crippen molar-refractivity contribution in [3.8, 4) is 22.3 Å². The van der Waals surface area contributed by atoms with Crippen LogP contribution in [-0.2, 0) is 10.0 Å². The van der Waals surface area contributed by atoms with E-state index in [9.17, 15) is 13.2 Å². The van der Waals surface area contributed by atoms with Crippen molar-refractivity contribution in [2.45, 2.75) is 23.8 Å². The number of carbonyl (C=O) groups excluding carboxylic acids is 1. The average molecular weight is 423 g/mol. The average Bonchev–Trinajstić information content (AvgIpc) is 3.58. The lowest BCUT2D eigenvalue weighted by Crippen LogP contribution is -2.38. The third kappa shape index (κ3) is 4.20. The summed E-state index contributed by atoms with van der Waals surface area (Å²) in [5.74, 6) is -0.624. The second-order valence-electron chi connectivity index (χ2n) is 7.26. The van der Waals surface area contributed by atoms with Gasteiger partial charge in [-0.25, -0.2) is 13.8 Å². The van der Waals surface area contributed by atoms with Crippen LogP contribution < -0.4 is 21.7 Å². The summed E-state index contributed by atoms with van der Waals surface area (Å²) in [6, 6.07) is 19.6. The SMILES string of the molecule is NC(=O)c1cc(-c2ccccc2)cc(-c2ccc(S(=O)(=O)NNC3CC3)cc2)c1N. The number of hydrogen-bond donors (Lipinski definition) is 4. The van der Waals surface area contributed by atoms with Crippen LogP contribution in [0.15, 0.2) is 71.6 Å². The molecule has 1 aliphatic rings. The van der Waals surface area contributed by atoms with Gasteiger partial charge in [0.1, 0.15) is 0 Å². The molecule has 0 saturated heterocycles. The molecule has 8 heteroatoms. The Kier molecular flexibility index (Phi) is 5.29. The van der Waals surface area contributed by atoms with Crippen LogP contribution in [0.1, 0.15) is 23.2 Å². The molecule has 3 aromatic carbocycles. The third-order valence-electron chi connectivity index (χ3n) is 5.00. The molecule has 154 valence electrons. The predicted octanol–water partition coefficient (Wildman–Crippen LogP) is 2.65. The van der Waals surface area contributed by atoms with Gasteiger partial charge in [-0.1, -0.05) is 42.5 Å². The molecule has 1 fully saturated rings. The Balaban J connectivity index is 1.72. The maximum absolute atomic E-state index is 12.4. The van der Waals surface area contributed by atoms with Gasteiger partial charge in [-0.15, -0.1) is 4.83 Å². The Morgan fingerprint density at radius 3 is 2.17 bits per heavy atom. The van der Waals surface area contributed by atoms with Crippen LogP contribution >= 0.6 is 0 Å². The molecular weight excluding hydrogens is 400 g/mol. The molecule has 30 heavy (non-hydrogen) atoms. The van der Waals surface area contributed by atoms with Crippen molar-refractivity contribution >= 4 is 21.6 Å². The summed E-state index contributed by atoms with van der Waals surface area (Å²) in [6.45, 7) is 0. The number of primary amides is 1. The number of nitrogens with two attached hydrogens (primary N) is 2. The molecule has 0 atom stereocenters. The van der Waals surface area contributed by atoms with Gasteiger partial charge in [-0.2, -0.15) is 0 Å². The minimum atomic E-state index is -3.66. The van der Waals surface area contributed by atoms with E-state index in [1.807, 2.05) is 36.4 Å². The molecule has 0 aliphatic heterocycles. The van der Waals surface area contributed by atoms with Crippen LogP contribution in [0.2, 0.25) is 0 Å². The number of hydrogen-bond acceptors (Lipinski definition) is 5. The van der Waals surface area contributed by atoms with Crippen molar-refractivity contribution in [2.24, 2.45) is 5.73 Å². The van der Waals surface area contributed by atoms with Crippen molar-refractivity contribution in [3.63, 3.8) is 0 Å². The predicted molar refractivity (Wildman–Crippen MR) is 117 cm³/mol. The Bertz CT molecular complexity index is 1190. The van der Waals surface area contributed by atoms with Gasteiger partial charge >= 0.3 is 0 Å². The van der Waals surface area contributed by atoms with Gasteiger partial charge in [-0.05, 0) is 53.8 Å². The van der Waals surface area contributed by atoms with Crippen LogP contribution in [0.3, 0.4) is 0 Å². The van der Waals surface area contributed by atoms with Crippen LogP contribution in [0, 0.1) is 0 Å². The van der Waals surface area contributed by atoms with Crippen molar-refractivity contribution in [1.82, 2.24) is 10.3 Å². The number of anilines is 1. The van der Waals surface area contributed by atoms with Crippen LogP contribution in [0.4, 0.5) is 5.69 Å². The van der Waals surface area contributed by atoms with Gasteiger partial charge in [0.25, 0.3) is 15.9 Å². The zero-order valence-corrected chi connectivity index (χ0v) is 16.9. The van der Waals surface area contributed by atoms with E-state index in [0.29, 0.717) is 11.1 Å². The van der Waals surface area contributed by atoms with E-state index in [-0.39, 0.29) is 22.2 Å². The summed E-state index contributed by atoms with van der Waals surface area (Å²) < 4.78 is 24.8. The highest BCUT2D eigenvalue weighted by Crippen LogP contribution is 2.34. The minimum Gasteiger partial charge on any atom is -0.398 e. The Labute approximate surface area is 175 Å². The number of benzene rings is 3. The Morgan fingerprint density at radius 1 is 0.900 bits per heavy atom. The molecule has 1 amide bonds. The van der Waals surface area contributed by atoms with E-state index >= 15 is 0 Å². The van der Waals surface area contributed by atoms with E-state index < -0.39 is 15.9 Å². The topological polar surface area (TPSA) is 127 Å². The fraction of sp³-hybridized carbons (Fsp3) is 0.136. The zero-order valence-electron chi connectivity index (χ0n) is 16.1. The van der Waals surface area contributed by atoms with E-state index in [2.05, 4.69) is 10.3 Å². The number of nitrogens with one attached hydrogen (secondary N) is 2. The monoisotopic (exact) mass is 422 g/mol. The highest BCUT2D eigenvalue weighted by Gasteiger charge is 2.24. The molecule has 0 unspecified atom stereocenters. The summed E-state index contributed by atoms with van der Waals surface area (Å²) in [5.41, 5.74) is 18.0. The van der Waals surface area contributed by atoms with E-state index in [4.69, 9.17) is 11.5 Å². The summed E-state index contributed by atoms with van der Waals surface area (Å²) in [5, 5.41) is 0. The Morgan fingerprint density at radius 2 is 1.57 bits per heavy atom. The Hall–Kier alpha value is -3.20. The van der Waals surface area contributed by atoms with E-state index in [1.54, 1.807) is 18.2 Å². The van der Waals surface area contributed by atoms with E-state index in [0.717, 1.165) is 24.0 Å². The molecule has 1 saturated carbocycles. The largest absolute Gasteiger partial charge is 0.398 e. The molecule has 4 rings (SSSR count). The minimum absolute atomic E-state index is 0.132. The van der Waals surface area contributed by atoms with Crippen molar-refractivity contribution in [2.75, 3.05) is 5.73 Å². The number of carbonyl (C=O) groups is 1. The normalized spacial score (nSPS) is 13.9. The first-order chi connectivity index (χ1) is 14.3. The van der Waals surface area contributed by atoms with Crippen molar-refractivity contribution < 1.29 is 13.2 Å². The second kappa shape index (κ2) is 7.91. The molecule has 6 N–H and O–H groups in total. The number of sulfonamides is 1. The fourth-order valence-electron chi connectivity index (χ4n) is 3.15. The van der Waals surface area contributed by atoms with Crippen LogP contribution in [-0.4, -0.2) is 20.4 Å². The molecular formula is C22H22N4O3S. The molecule has 1 aliphatic carbocycles. The standard InChI is InChI=1S/C22H22N4O3S/c23-21-19(12-16(13-20(21)22(24)27)14-4-2-1-3-5-14)15-6-10-18(11-7-15)30(28,29)26-25-17-8-9-17/h1-7,10-13,17,25-26H,8-9,23H2,(H2,24,27). The van der Waals surface area contributed by atoms with Gasteiger partial charge in [0.2, 0.25) is 0 Å². The summed E-state index contributed by atoms with van der Waals surface area (Å²) in [4.78, 5) is 14.5. The quantitative estimate of drug-likeness (QED) is 0.344. The second-order valence-corrected chi connectivity index (χ2v) is 8.95. The highest BCUT2D eigenvalue weighted by molar-refractivity contribution is 7.89. The lowest BCUT2D eigenvalue weighted by molar-refractivity contribution is 0.100. The van der Waals surface area contributed by atoms with Gasteiger partial charge in [0, 0.05) is 11.6 Å². The first-order valence-corrected chi connectivity index (χ1v) is 11.0. The lowest BCUT2D eigenvalue weighted by atomic mass is 9.94. The molecule has 0 bridgehead atoms. The maximum atomic E-state index is 12.4. The van der Waals surface area contributed by atoms with Crippen molar-refractivity contribution in [1.29, 1.82) is 0 Å². The van der Waals surface area contributed by atoms with Gasteiger partial charge in [-0.3, -0.25) is 4.79 Å². The lowest BCUT2D eigenvalue weighted by Gasteiger charge is -2.14. The maximum Gasteiger partial charge on any atom is 0.253 e. The number of nitrogen functional groups attached to an aromatic ring is 1. The highest BCUT2D eigenvalue weighted by atomic mass is 32.2. The van der Waals surface area contributed by atoms with Crippen molar-refractivity contribution in [3.05, 3.63) is 72.3 Å². The number of amides is 1. The van der Waals surface area contributed by atoms with E-state index in [1.165, 1.54) is 12.1 Å². The first-order valence-electron chi connectivity index (χ1n) is 9.51.